The average Bonchev–Trinajstić information content (AvgIpc) is 2.90. The monoisotopic (exact) mass is 350 g/mol. The number of aryl methyl sites for hydroxylation is 1. The van der Waals surface area contributed by atoms with E-state index in [1.54, 1.807) is 13.8 Å². The number of amides is 1. The molecule has 0 unspecified atom stereocenters. The summed E-state index contributed by atoms with van der Waals surface area (Å²) in [5.41, 5.74) is 0.916. The van der Waals surface area contributed by atoms with Gasteiger partial charge in [0.05, 0.1) is 0 Å². The molecule has 0 saturated carbocycles. The van der Waals surface area contributed by atoms with Gasteiger partial charge in [-0.1, -0.05) is 18.5 Å². The van der Waals surface area contributed by atoms with Gasteiger partial charge >= 0.3 is 6.09 Å². The number of halogens is 1. The first-order chi connectivity index (χ1) is 11.2. The van der Waals surface area contributed by atoms with Gasteiger partial charge in [-0.25, -0.2) is 4.79 Å². The molecule has 2 atom stereocenters. The van der Waals surface area contributed by atoms with E-state index in [2.05, 4.69) is 4.98 Å². The number of aromatic amines is 1. The molecule has 2 heterocycles. The van der Waals surface area contributed by atoms with Crippen LogP contribution in [0.25, 0.3) is 10.9 Å². The zero-order valence-electron chi connectivity index (χ0n) is 14.4. The van der Waals surface area contributed by atoms with Gasteiger partial charge in [-0.2, -0.15) is 0 Å². The van der Waals surface area contributed by atoms with E-state index in [9.17, 15) is 9.90 Å². The quantitative estimate of drug-likeness (QED) is 0.875. The van der Waals surface area contributed by atoms with Gasteiger partial charge in [-0.3, -0.25) is 4.90 Å². The number of carbonyl (C=O) groups excluding carboxylic acids is 1. The number of carbonyl (C=O) groups is 1. The summed E-state index contributed by atoms with van der Waals surface area (Å²) in [5.74, 6) is 0. The van der Waals surface area contributed by atoms with Crippen molar-refractivity contribution < 1.29 is 14.6 Å². The zero-order chi connectivity index (χ0) is 17.7. The van der Waals surface area contributed by atoms with Crippen LogP contribution in [0.4, 0.5) is 4.79 Å². The molecular formula is C18H23ClN2O3. The van der Waals surface area contributed by atoms with E-state index in [0.717, 1.165) is 22.2 Å². The number of fused-ring (bicyclic) bond motifs is 1. The Labute approximate surface area is 146 Å². The predicted octanol–water partition coefficient (Wildman–Crippen LogP) is 4.00. The molecule has 1 saturated heterocycles. The molecule has 0 spiro atoms. The third kappa shape index (κ3) is 2.47. The first-order valence-electron chi connectivity index (χ1n) is 8.19. The van der Waals surface area contributed by atoms with E-state index in [1.165, 1.54) is 4.90 Å². The number of aliphatic hydroxyl groups is 1. The fourth-order valence-corrected chi connectivity index (χ4v) is 3.60. The minimum atomic E-state index is -1.34. The second kappa shape index (κ2) is 5.67. The van der Waals surface area contributed by atoms with E-state index in [0.29, 0.717) is 24.4 Å². The molecule has 2 aromatic rings. The lowest BCUT2D eigenvalue weighted by Crippen LogP contribution is -2.55. The van der Waals surface area contributed by atoms with Crippen molar-refractivity contribution in [3.63, 3.8) is 0 Å². The molecule has 1 aliphatic rings. The summed E-state index contributed by atoms with van der Waals surface area (Å²) in [7, 11) is 0. The normalized spacial score (nSPS) is 27.1. The summed E-state index contributed by atoms with van der Waals surface area (Å²) in [6.07, 6.45) is 0.682. The molecule has 24 heavy (non-hydrogen) atoms. The van der Waals surface area contributed by atoms with Gasteiger partial charge < -0.3 is 14.8 Å². The summed E-state index contributed by atoms with van der Waals surface area (Å²) in [5, 5.41) is 12.6. The highest BCUT2D eigenvalue weighted by Crippen LogP contribution is 2.39. The number of rotatable bonds is 4. The van der Waals surface area contributed by atoms with Crippen LogP contribution in [0.3, 0.4) is 0 Å². The molecule has 0 radical (unpaired) electrons. The van der Waals surface area contributed by atoms with Crippen LogP contribution in [0.2, 0.25) is 5.02 Å². The Morgan fingerprint density at radius 3 is 2.71 bits per heavy atom. The molecule has 5 nitrogen and oxygen atoms in total. The van der Waals surface area contributed by atoms with Gasteiger partial charge in [0.1, 0.15) is 0 Å². The number of ether oxygens (including phenoxy) is 1. The van der Waals surface area contributed by atoms with E-state index < -0.39 is 17.4 Å². The molecule has 1 amide bonds. The predicted molar refractivity (Wildman–Crippen MR) is 94.3 cm³/mol. The molecule has 0 bridgehead atoms. The van der Waals surface area contributed by atoms with Crippen molar-refractivity contribution in [3.8, 4) is 0 Å². The van der Waals surface area contributed by atoms with Crippen molar-refractivity contribution in [2.24, 2.45) is 0 Å². The van der Waals surface area contributed by atoms with Crippen LogP contribution < -0.4 is 0 Å². The second-order valence-corrected chi connectivity index (χ2v) is 7.23. The molecule has 130 valence electrons. The average molecular weight is 351 g/mol. The molecule has 1 aromatic carbocycles. The Kier molecular flexibility index (Phi) is 4.04. The third-order valence-electron chi connectivity index (χ3n) is 5.40. The molecule has 0 aliphatic carbocycles. The van der Waals surface area contributed by atoms with Crippen LogP contribution in [-0.4, -0.2) is 39.0 Å². The standard InChI is InChI=1S/C18H23ClN2O3/c1-5-17(3)18(4,23)21(16(22)24-17)9-8-13-11(2)20-15-7-6-12(19)10-14(13)15/h6-7,10,20,23H,5,8-9H2,1-4H3/t17-,18-/m1/s1. The Morgan fingerprint density at radius 2 is 2.08 bits per heavy atom. The number of cyclic esters (lactones) is 1. The Balaban J connectivity index is 1.88. The minimum Gasteiger partial charge on any atom is -0.438 e. The van der Waals surface area contributed by atoms with Crippen LogP contribution >= 0.6 is 11.6 Å². The van der Waals surface area contributed by atoms with Crippen molar-refractivity contribution in [2.75, 3.05) is 6.54 Å². The Morgan fingerprint density at radius 1 is 1.38 bits per heavy atom. The summed E-state index contributed by atoms with van der Waals surface area (Å²) >= 11 is 6.11. The largest absolute Gasteiger partial charge is 0.438 e. The van der Waals surface area contributed by atoms with Gasteiger partial charge in [0.15, 0.2) is 11.3 Å². The minimum absolute atomic E-state index is 0.377. The summed E-state index contributed by atoms with van der Waals surface area (Å²) in [6.45, 7) is 7.68. The number of aromatic nitrogens is 1. The number of H-pyrrole nitrogens is 1. The van der Waals surface area contributed by atoms with Crippen molar-refractivity contribution >= 4 is 28.6 Å². The highest BCUT2D eigenvalue weighted by molar-refractivity contribution is 6.31. The fraction of sp³-hybridized carbons (Fsp3) is 0.500. The molecule has 1 aromatic heterocycles. The van der Waals surface area contributed by atoms with E-state index in [1.807, 2.05) is 32.0 Å². The maximum absolute atomic E-state index is 12.2. The van der Waals surface area contributed by atoms with E-state index in [-0.39, 0.29) is 0 Å². The van der Waals surface area contributed by atoms with Crippen LogP contribution in [-0.2, 0) is 11.2 Å². The van der Waals surface area contributed by atoms with E-state index in [4.69, 9.17) is 16.3 Å². The van der Waals surface area contributed by atoms with Crippen LogP contribution in [0, 0.1) is 6.92 Å². The first kappa shape index (κ1) is 17.1. The van der Waals surface area contributed by atoms with Crippen molar-refractivity contribution in [1.82, 2.24) is 9.88 Å². The second-order valence-electron chi connectivity index (χ2n) is 6.79. The molecule has 2 N–H and O–H groups in total. The molecule has 6 heteroatoms. The number of benzene rings is 1. The SMILES string of the molecule is CC[C@@]1(C)OC(=O)N(CCc2c(C)[nH]c3ccc(Cl)cc23)[C@]1(C)O. The lowest BCUT2D eigenvalue weighted by Gasteiger charge is -2.36. The Bertz CT molecular complexity index is 799. The van der Waals surface area contributed by atoms with E-state index >= 15 is 0 Å². The summed E-state index contributed by atoms with van der Waals surface area (Å²) in [6, 6.07) is 5.72. The molecular weight excluding hydrogens is 328 g/mol. The van der Waals surface area contributed by atoms with Crippen LogP contribution in [0.15, 0.2) is 18.2 Å². The van der Waals surface area contributed by atoms with Crippen molar-refractivity contribution in [3.05, 3.63) is 34.5 Å². The molecule has 1 fully saturated rings. The lowest BCUT2D eigenvalue weighted by atomic mass is 9.90. The third-order valence-corrected chi connectivity index (χ3v) is 5.64. The summed E-state index contributed by atoms with van der Waals surface area (Å²) < 4.78 is 5.44. The first-order valence-corrected chi connectivity index (χ1v) is 8.57. The van der Waals surface area contributed by atoms with Gasteiger partial charge in [0.25, 0.3) is 0 Å². The van der Waals surface area contributed by atoms with Crippen molar-refractivity contribution in [2.45, 2.75) is 51.9 Å². The number of hydrogen-bond acceptors (Lipinski definition) is 3. The maximum Gasteiger partial charge on any atom is 0.412 e. The highest BCUT2D eigenvalue weighted by atomic mass is 35.5. The smallest absolute Gasteiger partial charge is 0.412 e. The maximum atomic E-state index is 12.2. The fourth-order valence-electron chi connectivity index (χ4n) is 3.42. The highest BCUT2D eigenvalue weighted by Gasteiger charge is 2.58. The van der Waals surface area contributed by atoms with Crippen molar-refractivity contribution in [1.29, 1.82) is 0 Å². The van der Waals surface area contributed by atoms with Crippen LogP contribution in [0.5, 0.6) is 0 Å². The number of nitrogens with zero attached hydrogens (tertiary/aromatic N) is 1. The summed E-state index contributed by atoms with van der Waals surface area (Å²) in [4.78, 5) is 17.0. The lowest BCUT2D eigenvalue weighted by molar-refractivity contribution is -0.137. The topological polar surface area (TPSA) is 65.6 Å². The Hall–Kier alpha value is -1.72. The zero-order valence-corrected chi connectivity index (χ0v) is 15.2. The van der Waals surface area contributed by atoms with Gasteiger partial charge in [0.2, 0.25) is 0 Å². The molecule has 3 rings (SSSR count). The van der Waals surface area contributed by atoms with Gasteiger partial charge in [-0.05, 0) is 57.4 Å². The number of nitrogens with one attached hydrogen (secondary N) is 1. The number of hydrogen-bond donors (Lipinski definition) is 2. The van der Waals surface area contributed by atoms with Crippen LogP contribution in [0.1, 0.15) is 38.4 Å². The molecule has 1 aliphatic heterocycles. The van der Waals surface area contributed by atoms with Gasteiger partial charge in [-0.15, -0.1) is 0 Å². The van der Waals surface area contributed by atoms with Gasteiger partial charge in [0, 0.05) is 28.2 Å².